The Hall–Kier alpha value is -4.55. The number of fused-ring (bicyclic) bond motifs is 4. The van der Waals surface area contributed by atoms with Gasteiger partial charge in [-0.25, -0.2) is 9.59 Å². The van der Waals surface area contributed by atoms with Gasteiger partial charge < -0.3 is 84.6 Å². The van der Waals surface area contributed by atoms with Crippen molar-refractivity contribution in [3.8, 4) is 0 Å². The van der Waals surface area contributed by atoms with Gasteiger partial charge in [0, 0.05) is 44.6 Å². The molecule has 2 amide bonds. The number of aliphatic hydroxyl groups excluding tert-OH is 8. The minimum atomic E-state index is -1.60. The Morgan fingerprint density at radius 1 is 0.736 bits per heavy atom. The van der Waals surface area contributed by atoms with E-state index in [1.807, 2.05) is 49.5 Å². The molecule has 404 valence electrons. The van der Waals surface area contributed by atoms with Crippen LogP contribution in [0.1, 0.15) is 79.1 Å². The monoisotopic (exact) mass is 1020 g/mol. The maximum atomic E-state index is 12.7. The number of carbonyl (C=O) groups excluding carboxylic acids is 3. The predicted octanol–water partition coefficient (Wildman–Crippen LogP) is 2.73. The zero-order chi connectivity index (χ0) is 53.0. The Labute approximate surface area is 422 Å². The molecule has 0 saturated carbocycles. The lowest BCUT2D eigenvalue weighted by molar-refractivity contribution is -0.307. The molecule has 0 aromatic rings. The number of cyclic esters (lactones) is 1. The molecular weight excluding hydrogens is 941 g/mol. The molecule has 0 aromatic carbocycles. The van der Waals surface area contributed by atoms with E-state index in [1.165, 1.54) is 20.1 Å². The van der Waals surface area contributed by atoms with Crippen LogP contribution < -0.4 is 10.6 Å². The second kappa shape index (κ2) is 30.0. The quantitative estimate of drug-likeness (QED) is 0.104. The standard InChI is InChI=1S/C52H78N2O18/c1-7-24-67-50(64)54-45-47(62)34(5)69-49(48(45)63)70-38-21-19-17-15-13-11-9-8-10-12-14-16-18-20-31(2)46(61)32(3)33(4)68-43(60)27-36(56)25-35(55)22-23-39(58)40(59)26-37(57)29-52(66-6)30-42-44(41(28-38)72-52)53-51(65)71-42/h7-21,31-42,44-49,55-59,61-63H,1,22-30H2,2-6H3,(H,53,65)(H,54,64)/b9-8+,12-10+,13-11+,16-14+,17-15+,20-18+,21-19+/t31?,32-,33-,34+,35+,36+,37-,38-,39+,40+,41-,42-,44-,45-,46+,47+,48-,49-,52+/m0/s1. The van der Waals surface area contributed by atoms with E-state index in [4.69, 9.17) is 33.2 Å². The number of rotatable bonds is 6. The van der Waals surface area contributed by atoms with Crippen LogP contribution in [0.25, 0.3) is 0 Å². The van der Waals surface area contributed by atoms with Gasteiger partial charge in [0.15, 0.2) is 12.1 Å². The van der Waals surface area contributed by atoms with Crippen molar-refractivity contribution in [2.45, 2.75) is 183 Å². The molecule has 4 heterocycles. The summed E-state index contributed by atoms with van der Waals surface area (Å²) in [6.07, 6.45) is 7.01. The van der Waals surface area contributed by atoms with Crippen molar-refractivity contribution in [1.82, 2.24) is 10.6 Å². The summed E-state index contributed by atoms with van der Waals surface area (Å²) >= 11 is 0. The number of hydrogen-bond donors (Lipinski definition) is 10. The number of carbonyl (C=O) groups is 3. The van der Waals surface area contributed by atoms with Crippen LogP contribution in [-0.2, 0) is 38.0 Å². The van der Waals surface area contributed by atoms with E-state index < -0.39 is 134 Å². The van der Waals surface area contributed by atoms with Crippen molar-refractivity contribution in [2.75, 3.05) is 13.7 Å². The van der Waals surface area contributed by atoms with Gasteiger partial charge in [-0.15, -0.1) is 0 Å². The van der Waals surface area contributed by atoms with Crippen molar-refractivity contribution in [3.05, 3.63) is 97.7 Å². The minimum absolute atomic E-state index is 0.0344. The first-order chi connectivity index (χ1) is 34.3. The molecule has 19 atom stereocenters. The van der Waals surface area contributed by atoms with Crippen LogP contribution >= 0.6 is 0 Å². The fourth-order valence-corrected chi connectivity index (χ4v) is 8.88. The predicted molar refractivity (Wildman–Crippen MR) is 262 cm³/mol. The number of allylic oxidation sites excluding steroid dienone is 12. The molecule has 0 aliphatic carbocycles. The molecule has 4 aliphatic rings. The lowest BCUT2D eigenvalue weighted by Gasteiger charge is -2.46. The molecule has 72 heavy (non-hydrogen) atoms. The van der Waals surface area contributed by atoms with Crippen LogP contribution in [0.4, 0.5) is 9.59 Å². The van der Waals surface area contributed by atoms with Crippen LogP contribution in [0.2, 0.25) is 0 Å². The fraction of sp³-hybridized carbons (Fsp3) is 0.635. The SMILES string of the molecule is C=CCOC(=O)N[C@@H]1[C@H](O)[C@H](O[C@H]2/C=C/C=C/C=C/C=C/C=C/C=C/C=C/C(C)[C@@H](O)[C@@H](C)[C@H](C)OC(=O)C[C@H](O)C[C@H](O)CC[C@@H](O)[C@H](O)C[C@H](O)C[C@]3(OC)C[C@@H]4OC(=O)N[C@H]4[C@H](C2)O3)O[C@H](C)[C@H]1O. The summed E-state index contributed by atoms with van der Waals surface area (Å²) in [6.45, 7) is 10.2. The van der Waals surface area contributed by atoms with E-state index in [1.54, 1.807) is 56.4 Å². The van der Waals surface area contributed by atoms with Crippen molar-refractivity contribution in [1.29, 1.82) is 0 Å². The van der Waals surface area contributed by atoms with Crippen molar-refractivity contribution < 1.29 is 88.4 Å². The average molecular weight is 1020 g/mol. The Bertz CT molecular complexity index is 1920. The Kier molecular flexibility index (Phi) is 25.0. The van der Waals surface area contributed by atoms with Crippen LogP contribution in [0.3, 0.4) is 0 Å². The van der Waals surface area contributed by atoms with Crippen LogP contribution in [0.15, 0.2) is 97.7 Å². The molecular formula is C52H78N2O18. The molecule has 0 aromatic heterocycles. The molecule has 4 rings (SSSR count). The van der Waals surface area contributed by atoms with Crippen LogP contribution in [-0.4, -0.2) is 176 Å². The van der Waals surface area contributed by atoms with E-state index in [2.05, 4.69) is 17.2 Å². The second-order valence-corrected chi connectivity index (χ2v) is 18.9. The summed E-state index contributed by atoms with van der Waals surface area (Å²) in [4.78, 5) is 37.9. The second-order valence-electron chi connectivity index (χ2n) is 18.9. The summed E-state index contributed by atoms with van der Waals surface area (Å²) in [5, 5.41) is 92.9. The van der Waals surface area contributed by atoms with Crippen molar-refractivity contribution in [2.24, 2.45) is 11.8 Å². The highest BCUT2D eigenvalue weighted by molar-refractivity contribution is 5.71. The third kappa shape index (κ3) is 19.1. The Balaban J connectivity index is 1.59. The number of methoxy groups -OCH3 is 1. The lowest BCUT2D eigenvalue weighted by atomic mass is 9.87. The molecule has 10 N–H and O–H groups in total. The third-order valence-corrected chi connectivity index (χ3v) is 13.2. The highest BCUT2D eigenvalue weighted by Crippen LogP contribution is 2.40. The normalized spacial score (nSPS) is 42.6. The minimum Gasteiger partial charge on any atom is -0.462 e. The fourth-order valence-electron chi connectivity index (χ4n) is 8.88. The van der Waals surface area contributed by atoms with Gasteiger partial charge in [-0.1, -0.05) is 112 Å². The maximum Gasteiger partial charge on any atom is 0.407 e. The zero-order valence-corrected chi connectivity index (χ0v) is 41.8. The summed E-state index contributed by atoms with van der Waals surface area (Å²) in [7, 11) is 1.35. The van der Waals surface area contributed by atoms with Gasteiger partial charge in [0.25, 0.3) is 0 Å². The smallest absolute Gasteiger partial charge is 0.407 e. The summed E-state index contributed by atoms with van der Waals surface area (Å²) in [5.74, 6) is -3.04. The van der Waals surface area contributed by atoms with Gasteiger partial charge in [0.1, 0.15) is 31.0 Å². The van der Waals surface area contributed by atoms with E-state index in [-0.39, 0.29) is 57.5 Å². The van der Waals surface area contributed by atoms with Crippen LogP contribution in [0.5, 0.6) is 0 Å². The number of ether oxygens (including phenoxy) is 7. The van der Waals surface area contributed by atoms with Gasteiger partial charge in [-0.2, -0.15) is 0 Å². The van der Waals surface area contributed by atoms with Gasteiger partial charge in [0.05, 0.1) is 73.4 Å². The molecule has 3 saturated heterocycles. The lowest BCUT2D eigenvalue weighted by Crippen LogP contribution is -2.64. The number of hydrogen-bond acceptors (Lipinski definition) is 18. The summed E-state index contributed by atoms with van der Waals surface area (Å²) in [5.41, 5.74) is 0. The molecule has 2 bridgehead atoms. The average Bonchev–Trinajstić information content (AvgIpc) is 3.71. The number of esters is 1. The number of aliphatic hydroxyl groups is 8. The summed E-state index contributed by atoms with van der Waals surface area (Å²) in [6, 6.07) is -2.01. The summed E-state index contributed by atoms with van der Waals surface area (Å²) < 4.78 is 40.9. The first-order valence-electron chi connectivity index (χ1n) is 24.6. The molecule has 0 spiro atoms. The van der Waals surface area contributed by atoms with Crippen LogP contribution in [0, 0.1) is 11.8 Å². The topological polar surface area (TPSA) is 302 Å². The maximum absolute atomic E-state index is 12.7. The molecule has 0 radical (unpaired) electrons. The molecule has 3 fully saturated rings. The van der Waals surface area contributed by atoms with E-state index in [0.717, 1.165) is 0 Å². The molecule has 1 unspecified atom stereocenters. The number of alkyl carbamates (subject to hydrolysis) is 2. The van der Waals surface area contributed by atoms with Gasteiger partial charge in [-0.3, -0.25) is 4.79 Å². The Morgan fingerprint density at radius 2 is 1.36 bits per heavy atom. The number of nitrogens with one attached hydrogen (secondary N) is 2. The first-order valence-corrected chi connectivity index (χ1v) is 24.6. The van der Waals surface area contributed by atoms with Crippen molar-refractivity contribution >= 4 is 18.2 Å². The third-order valence-electron chi connectivity index (χ3n) is 13.2. The highest BCUT2D eigenvalue weighted by Gasteiger charge is 2.54. The molecule has 20 nitrogen and oxygen atoms in total. The van der Waals surface area contributed by atoms with Gasteiger partial charge in [0.2, 0.25) is 0 Å². The van der Waals surface area contributed by atoms with Gasteiger partial charge >= 0.3 is 18.2 Å². The number of amides is 2. The van der Waals surface area contributed by atoms with E-state index >= 15 is 0 Å². The largest absolute Gasteiger partial charge is 0.462 e. The molecule has 20 heteroatoms. The first kappa shape index (κ1) is 60.0. The van der Waals surface area contributed by atoms with E-state index in [0.29, 0.717) is 0 Å². The Morgan fingerprint density at radius 3 is 1.99 bits per heavy atom. The van der Waals surface area contributed by atoms with Gasteiger partial charge in [-0.05, 0) is 33.1 Å². The molecule has 4 aliphatic heterocycles. The van der Waals surface area contributed by atoms with E-state index in [9.17, 15) is 55.2 Å². The van der Waals surface area contributed by atoms with Crippen molar-refractivity contribution in [3.63, 3.8) is 0 Å². The highest BCUT2D eigenvalue weighted by atomic mass is 16.7. The zero-order valence-electron chi connectivity index (χ0n) is 41.8.